The molecule has 0 radical (unpaired) electrons. The smallest absolute Gasteiger partial charge is 0.187 e. The van der Waals surface area contributed by atoms with E-state index in [1.807, 2.05) is 6.07 Å². The van der Waals surface area contributed by atoms with Crippen molar-refractivity contribution in [3.8, 4) is 0 Å². The minimum absolute atomic E-state index is 0.0629. The number of nitrogens with zero attached hydrogens (tertiary/aromatic N) is 3. The van der Waals surface area contributed by atoms with Crippen molar-refractivity contribution in [2.24, 2.45) is 11.0 Å². The van der Waals surface area contributed by atoms with Crippen LogP contribution in [0.15, 0.2) is 65.8 Å². The minimum Gasteiger partial charge on any atom is -0.355 e. The maximum absolute atomic E-state index is 5.59. The molecule has 2 N–H and O–H groups in total. The molecule has 30 heavy (non-hydrogen) atoms. The van der Waals surface area contributed by atoms with E-state index >= 15 is 0 Å². The number of thiocarbonyl (C=S) groups is 1. The van der Waals surface area contributed by atoms with Crippen molar-refractivity contribution in [1.29, 1.82) is 0 Å². The van der Waals surface area contributed by atoms with Gasteiger partial charge in [-0.05, 0) is 30.3 Å². The van der Waals surface area contributed by atoms with Crippen LogP contribution in [0.25, 0.3) is 0 Å². The van der Waals surface area contributed by atoms with E-state index in [-0.39, 0.29) is 11.5 Å². The molecular weight excluding hydrogens is 390 g/mol. The molecule has 4 fully saturated rings. The van der Waals surface area contributed by atoms with Gasteiger partial charge >= 0.3 is 0 Å². The zero-order valence-corrected chi connectivity index (χ0v) is 18.2. The van der Waals surface area contributed by atoms with E-state index in [1.54, 1.807) is 0 Å². The Morgan fingerprint density at radius 2 is 1.60 bits per heavy atom. The minimum atomic E-state index is -0.0629. The second kappa shape index (κ2) is 8.10. The van der Waals surface area contributed by atoms with Gasteiger partial charge in [0, 0.05) is 45.2 Å². The van der Waals surface area contributed by atoms with Gasteiger partial charge < -0.3 is 15.1 Å². The van der Waals surface area contributed by atoms with Gasteiger partial charge in [0.1, 0.15) is 0 Å². The Kier molecular flexibility index (Phi) is 5.31. The van der Waals surface area contributed by atoms with Crippen LogP contribution in [0.2, 0.25) is 0 Å². The molecule has 0 aromatic heterocycles. The van der Waals surface area contributed by atoms with Crippen molar-refractivity contribution in [2.75, 3.05) is 39.3 Å². The van der Waals surface area contributed by atoms with Crippen molar-refractivity contribution in [3.63, 3.8) is 0 Å². The predicted molar refractivity (Wildman–Crippen MR) is 126 cm³/mol. The third-order valence-corrected chi connectivity index (χ3v) is 7.01. The lowest BCUT2D eigenvalue weighted by Crippen LogP contribution is -2.64. The number of fused-ring (bicyclic) bond motifs is 1. The Balaban J connectivity index is 1.39. The molecule has 4 aliphatic rings. The summed E-state index contributed by atoms with van der Waals surface area (Å²) in [5, 5.41) is 8.92. The number of rotatable bonds is 4. The van der Waals surface area contributed by atoms with Crippen LogP contribution in [0.3, 0.4) is 0 Å². The molecule has 6 rings (SSSR count). The van der Waals surface area contributed by atoms with Crippen molar-refractivity contribution >= 4 is 23.0 Å². The predicted octanol–water partition coefficient (Wildman–Crippen LogP) is 2.77. The van der Waals surface area contributed by atoms with Crippen LogP contribution < -0.4 is 10.7 Å². The average molecular weight is 420 g/mol. The van der Waals surface area contributed by atoms with Crippen LogP contribution in [0.5, 0.6) is 0 Å². The van der Waals surface area contributed by atoms with Crippen molar-refractivity contribution in [2.45, 2.75) is 18.4 Å². The Labute approximate surface area is 184 Å². The second-order valence-electron chi connectivity index (χ2n) is 8.83. The van der Waals surface area contributed by atoms with E-state index < -0.39 is 0 Å². The summed E-state index contributed by atoms with van der Waals surface area (Å²) in [7, 11) is 0. The topological polar surface area (TPSA) is 42.9 Å². The normalized spacial score (nSPS) is 31.9. The highest BCUT2D eigenvalue weighted by atomic mass is 32.1. The van der Waals surface area contributed by atoms with Crippen LogP contribution in [0, 0.1) is 5.92 Å². The molecule has 0 spiro atoms. The van der Waals surface area contributed by atoms with Crippen molar-refractivity contribution in [1.82, 2.24) is 20.5 Å². The summed E-state index contributed by atoms with van der Waals surface area (Å²) in [6.45, 7) is 8.67. The molecule has 4 saturated heterocycles. The van der Waals surface area contributed by atoms with E-state index in [4.69, 9.17) is 17.3 Å². The van der Waals surface area contributed by atoms with Gasteiger partial charge in [0.05, 0.1) is 17.2 Å². The van der Waals surface area contributed by atoms with E-state index in [2.05, 4.69) is 82.1 Å². The largest absolute Gasteiger partial charge is 0.355 e. The highest BCUT2D eigenvalue weighted by Gasteiger charge is 2.53. The molecule has 3 atom stereocenters. The molecule has 0 saturated carbocycles. The first-order valence-electron chi connectivity index (χ1n) is 10.8. The molecule has 5 nitrogen and oxygen atoms in total. The van der Waals surface area contributed by atoms with E-state index in [9.17, 15) is 0 Å². The third-order valence-electron chi connectivity index (χ3n) is 6.81. The van der Waals surface area contributed by atoms with Gasteiger partial charge in [0.15, 0.2) is 5.11 Å². The standard InChI is InChI=1S/C24H29N5S/c1-18(19-8-4-2-5-9-19)25-23(30)27-26-22-20-14-28-12-13-29(15-20)17-24(22,16-28)21-10-6-3-7-11-21/h2-11,18,20H,12-17H2,1H3,(H2,25,27,30)/b26-22-/t18-,20?,24?/m1/s1. The van der Waals surface area contributed by atoms with Crippen molar-refractivity contribution in [3.05, 3.63) is 71.8 Å². The summed E-state index contributed by atoms with van der Waals surface area (Å²) in [6.07, 6.45) is 0. The molecule has 0 aliphatic carbocycles. The Hall–Kier alpha value is -2.28. The molecule has 0 amide bonds. The summed E-state index contributed by atoms with van der Waals surface area (Å²) >= 11 is 5.59. The Bertz CT molecular complexity index is 913. The van der Waals surface area contributed by atoms with E-state index in [0.29, 0.717) is 11.0 Å². The fourth-order valence-electron chi connectivity index (χ4n) is 5.42. The second-order valence-corrected chi connectivity index (χ2v) is 9.24. The van der Waals surface area contributed by atoms with Gasteiger partial charge in [0.2, 0.25) is 0 Å². The summed E-state index contributed by atoms with van der Waals surface area (Å²) in [5.41, 5.74) is 6.97. The summed E-state index contributed by atoms with van der Waals surface area (Å²) in [4.78, 5) is 5.25. The zero-order chi connectivity index (χ0) is 20.6. The molecule has 4 heterocycles. The Morgan fingerprint density at radius 1 is 1.00 bits per heavy atom. The van der Waals surface area contributed by atoms with E-state index in [0.717, 1.165) is 39.3 Å². The van der Waals surface area contributed by atoms with Crippen LogP contribution in [-0.4, -0.2) is 59.9 Å². The molecule has 156 valence electrons. The summed E-state index contributed by atoms with van der Waals surface area (Å²) in [6, 6.07) is 21.4. The average Bonchev–Trinajstić information content (AvgIpc) is 3.02. The fraction of sp³-hybridized carbons (Fsp3) is 0.417. The third kappa shape index (κ3) is 3.64. The maximum atomic E-state index is 5.59. The SMILES string of the molecule is C[C@@H](NC(=S)N/N=C1/C2CN3CCN(C2)CC1(c1ccccc1)C3)c1ccccc1. The molecular formula is C24H29N5S. The Morgan fingerprint density at radius 3 is 2.23 bits per heavy atom. The lowest BCUT2D eigenvalue weighted by molar-refractivity contribution is 0.163. The van der Waals surface area contributed by atoms with Crippen LogP contribution >= 0.6 is 12.2 Å². The first-order chi connectivity index (χ1) is 14.6. The van der Waals surface area contributed by atoms with Gasteiger partial charge in [-0.1, -0.05) is 60.7 Å². The van der Waals surface area contributed by atoms with Gasteiger partial charge in [0.25, 0.3) is 0 Å². The molecule has 2 aromatic carbocycles. The molecule has 2 aromatic rings. The van der Waals surface area contributed by atoms with Crippen molar-refractivity contribution < 1.29 is 0 Å². The highest BCUT2D eigenvalue weighted by molar-refractivity contribution is 7.80. The number of piperidine rings is 2. The zero-order valence-electron chi connectivity index (χ0n) is 17.4. The lowest BCUT2D eigenvalue weighted by Gasteiger charge is -2.50. The van der Waals surface area contributed by atoms with Gasteiger partial charge in [-0.2, -0.15) is 5.10 Å². The molecule has 6 heteroatoms. The number of hydrazone groups is 1. The van der Waals surface area contributed by atoms with Gasteiger partial charge in [-0.15, -0.1) is 0 Å². The molecule has 2 unspecified atom stereocenters. The quantitative estimate of drug-likeness (QED) is 0.589. The van der Waals surface area contributed by atoms with Gasteiger partial charge in [-0.3, -0.25) is 5.43 Å². The monoisotopic (exact) mass is 419 g/mol. The van der Waals surface area contributed by atoms with Crippen LogP contribution in [0.4, 0.5) is 0 Å². The fourth-order valence-corrected chi connectivity index (χ4v) is 5.65. The summed E-state index contributed by atoms with van der Waals surface area (Å²) in [5.74, 6) is 0.442. The number of hydrogen-bond acceptors (Lipinski definition) is 4. The highest BCUT2D eigenvalue weighted by Crippen LogP contribution is 2.41. The van der Waals surface area contributed by atoms with E-state index in [1.165, 1.54) is 16.8 Å². The van der Waals surface area contributed by atoms with Gasteiger partial charge in [-0.25, -0.2) is 0 Å². The lowest BCUT2D eigenvalue weighted by atomic mass is 9.66. The van der Waals surface area contributed by atoms with Crippen LogP contribution in [-0.2, 0) is 5.41 Å². The molecule has 4 bridgehead atoms. The first-order valence-corrected chi connectivity index (χ1v) is 11.2. The molecule has 4 aliphatic heterocycles. The number of hydrogen-bond donors (Lipinski definition) is 2. The number of nitrogens with one attached hydrogen (secondary N) is 2. The number of benzene rings is 2. The maximum Gasteiger partial charge on any atom is 0.187 e. The first kappa shape index (κ1) is 19.7. The summed E-state index contributed by atoms with van der Waals surface area (Å²) < 4.78 is 0. The van der Waals surface area contributed by atoms with Crippen LogP contribution in [0.1, 0.15) is 24.1 Å².